The van der Waals surface area contributed by atoms with Gasteiger partial charge in [-0.15, -0.1) is 0 Å². The van der Waals surface area contributed by atoms with Crippen molar-refractivity contribution in [2.45, 2.75) is 6.42 Å². The molecule has 5 nitrogen and oxygen atoms in total. The van der Waals surface area contributed by atoms with Crippen LogP contribution < -0.4 is 5.73 Å². The lowest BCUT2D eigenvalue weighted by Gasteiger charge is -1.98. The summed E-state index contributed by atoms with van der Waals surface area (Å²) < 4.78 is 5.21. The lowest BCUT2D eigenvalue weighted by atomic mass is 10.1. The fourth-order valence-electron chi connectivity index (χ4n) is 1.81. The van der Waals surface area contributed by atoms with Gasteiger partial charge >= 0.3 is 0 Å². The van der Waals surface area contributed by atoms with Gasteiger partial charge in [-0.1, -0.05) is 40.5 Å². The zero-order valence-corrected chi connectivity index (χ0v) is 12.3. The summed E-state index contributed by atoms with van der Waals surface area (Å²) in [7, 11) is 0. The summed E-state index contributed by atoms with van der Waals surface area (Å²) >= 11 is 11.9. The molecule has 3 rings (SSSR count). The van der Waals surface area contributed by atoms with Gasteiger partial charge in [-0.25, -0.2) is 4.98 Å². The quantitative estimate of drug-likeness (QED) is 0.746. The average Bonchev–Trinajstić information content (AvgIpc) is 2.90. The van der Waals surface area contributed by atoms with E-state index in [9.17, 15) is 0 Å². The van der Waals surface area contributed by atoms with Crippen LogP contribution in [0.1, 0.15) is 11.5 Å². The minimum atomic E-state index is 0.335. The van der Waals surface area contributed by atoms with Crippen LogP contribution in [0.4, 0.5) is 5.69 Å². The number of pyridine rings is 1. The number of nitrogens with zero attached hydrogens (tertiary/aromatic N) is 3. The van der Waals surface area contributed by atoms with Crippen molar-refractivity contribution < 1.29 is 4.52 Å². The molecule has 21 heavy (non-hydrogen) atoms. The molecular weight excluding hydrogens is 311 g/mol. The first kappa shape index (κ1) is 13.9. The summed E-state index contributed by atoms with van der Waals surface area (Å²) in [5, 5.41) is 4.72. The molecule has 3 aromatic rings. The van der Waals surface area contributed by atoms with E-state index in [1.807, 2.05) is 24.3 Å². The van der Waals surface area contributed by atoms with Crippen molar-refractivity contribution in [1.29, 1.82) is 0 Å². The van der Waals surface area contributed by atoms with E-state index in [-0.39, 0.29) is 0 Å². The van der Waals surface area contributed by atoms with Gasteiger partial charge in [0, 0.05) is 11.9 Å². The van der Waals surface area contributed by atoms with E-state index in [0.29, 0.717) is 39.6 Å². The van der Waals surface area contributed by atoms with Crippen LogP contribution in [-0.2, 0) is 6.42 Å². The van der Waals surface area contributed by atoms with E-state index in [1.165, 1.54) is 6.20 Å². The van der Waals surface area contributed by atoms with Crippen molar-refractivity contribution in [1.82, 2.24) is 15.1 Å². The highest BCUT2D eigenvalue weighted by molar-refractivity contribution is 6.35. The Morgan fingerprint density at radius 1 is 1.14 bits per heavy atom. The highest BCUT2D eigenvalue weighted by atomic mass is 35.5. The number of aromatic nitrogens is 3. The van der Waals surface area contributed by atoms with Crippen molar-refractivity contribution in [3.63, 3.8) is 0 Å². The van der Waals surface area contributed by atoms with Crippen LogP contribution in [0.5, 0.6) is 0 Å². The lowest BCUT2D eigenvalue weighted by Crippen LogP contribution is -1.91. The van der Waals surface area contributed by atoms with Crippen molar-refractivity contribution >= 4 is 28.9 Å². The standard InChI is InChI=1S/C14H10Cl2N4O/c15-9-6-11(16)13(18-7-9)14-19-12(21-20-14)5-8-1-3-10(17)4-2-8/h1-4,6-7H,5,17H2. The summed E-state index contributed by atoms with van der Waals surface area (Å²) in [6, 6.07) is 9.05. The fraction of sp³-hybridized carbons (Fsp3) is 0.0714. The van der Waals surface area contributed by atoms with E-state index in [0.717, 1.165) is 5.56 Å². The highest BCUT2D eigenvalue weighted by Crippen LogP contribution is 2.26. The molecule has 7 heteroatoms. The summed E-state index contributed by atoms with van der Waals surface area (Å²) in [5.41, 5.74) is 7.82. The molecule has 0 saturated carbocycles. The minimum absolute atomic E-state index is 0.335. The van der Waals surface area contributed by atoms with Crippen molar-refractivity contribution in [2.24, 2.45) is 0 Å². The van der Waals surface area contributed by atoms with Crippen LogP contribution in [0.15, 0.2) is 41.1 Å². The van der Waals surface area contributed by atoms with Gasteiger partial charge in [0.05, 0.1) is 16.5 Å². The van der Waals surface area contributed by atoms with Gasteiger partial charge in [-0.2, -0.15) is 4.98 Å². The molecule has 2 N–H and O–H groups in total. The Labute approximate surface area is 130 Å². The number of rotatable bonds is 3. The number of halogens is 2. The normalized spacial score (nSPS) is 10.8. The smallest absolute Gasteiger partial charge is 0.231 e. The second kappa shape index (κ2) is 5.71. The van der Waals surface area contributed by atoms with Crippen LogP contribution in [0.25, 0.3) is 11.5 Å². The van der Waals surface area contributed by atoms with E-state index in [1.54, 1.807) is 6.07 Å². The molecule has 2 heterocycles. The maximum absolute atomic E-state index is 6.07. The number of hydrogen-bond acceptors (Lipinski definition) is 5. The Hall–Kier alpha value is -2.11. The summed E-state index contributed by atoms with van der Waals surface area (Å²) in [6.45, 7) is 0. The molecule has 0 aliphatic carbocycles. The first-order valence-corrected chi connectivity index (χ1v) is 6.86. The van der Waals surface area contributed by atoms with Crippen LogP contribution >= 0.6 is 23.2 Å². The lowest BCUT2D eigenvalue weighted by molar-refractivity contribution is 0.385. The van der Waals surface area contributed by atoms with Crippen LogP contribution in [0.3, 0.4) is 0 Å². The van der Waals surface area contributed by atoms with E-state index < -0.39 is 0 Å². The molecule has 0 saturated heterocycles. The molecule has 0 radical (unpaired) electrons. The molecule has 0 aliphatic rings. The molecule has 0 fully saturated rings. The minimum Gasteiger partial charge on any atom is -0.399 e. The Morgan fingerprint density at radius 3 is 2.62 bits per heavy atom. The van der Waals surface area contributed by atoms with Gasteiger partial charge in [0.2, 0.25) is 11.7 Å². The third-order valence-electron chi connectivity index (χ3n) is 2.82. The predicted molar refractivity (Wildman–Crippen MR) is 81.2 cm³/mol. The molecular formula is C14H10Cl2N4O. The summed E-state index contributed by atoms with van der Waals surface area (Å²) in [5.74, 6) is 0.810. The van der Waals surface area contributed by atoms with Gasteiger partial charge in [-0.05, 0) is 23.8 Å². The molecule has 2 aromatic heterocycles. The maximum Gasteiger partial charge on any atom is 0.231 e. The van der Waals surface area contributed by atoms with Gasteiger partial charge in [0.1, 0.15) is 5.69 Å². The van der Waals surface area contributed by atoms with Gasteiger partial charge < -0.3 is 10.3 Å². The largest absolute Gasteiger partial charge is 0.399 e. The molecule has 0 aliphatic heterocycles. The number of nitrogen functional groups attached to an aromatic ring is 1. The van der Waals surface area contributed by atoms with Crippen LogP contribution in [0.2, 0.25) is 10.0 Å². The maximum atomic E-state index is 6.07. The molecule has 106 valence electrons. The second-order valence-corrected chi connectivity index (χ2v) is 5.26. The molecule has 0 atom stereocenters. The molecule has 1 aromatic carbocycles. The SMILES string of the molecule is Nc1ccc(Cc2nc(-c3ncc(Cl)cc3Cl)no2)cc1. The zero-order chi connectivity index (χ0) is 14.8. The average molecular weight is 321 g/mol. The second-order valence-electron chi connectivity index (χ2n) is 4.41. The first-order valence-electron chi connectivity index (χ1n) is 6.10. The summed E-state index contributed by atoms with van der Waals surface area (Å²) in [6.07, 6.45) is 2.00. The Morgan fingerprint density at radius 2 is 1.90 bits per heavy atom. The monoisotopic (exact) mass is 320 g/mol. The van der Waals surface area contributed by atoms with Crippen molar-refractivity contribution in [3.8, 4) is 11.5 Å². The van der Waals surface area contributed by atoms with Gasteiger partial charge in [0.25, 0.3) is 0 Å². The molecule has 0 amide bonds. The Bertz CT molecular complexity index is 771. The Kier molecular flexibility index (Phi) is 3.77. The molecule has 0 unspecified atom stereocenters. The topological polar surface area (TPSA) is 77.8 Å². The molecule has 0 bridgehead atoms. The van der Waals surface area contributed by atoms with E-state index in [4.69, 9.17) is 33.5 Å². The first-order chi connectivity index (χ1) is 10.1. The predicted octanol–water partition coefficient (Wildman–Crippen LogP) is 3.61. The summed E-state index contributed by atoms with van der Waals surface area (Å²) in [4.78, 5) is 8.40. The van der Waals surface area contributed by atoms with Crippen molar-refractivity contribution in [2.75, 3.05) is 5.73 Å². The van der Waals surface area contributed by atoms with Crippen LogP contribution in [0, 0.1) is 0 Å². The van der Waals surface area contributed by atoms with Gasteiger partial charge in [0.15, 0.2) is 0 Å². The number of anilines is 1. The number of nitrogens with two attached hydrogens (primary N) is 1. The van der Waals surface area contributed by atoms with E-state index in [2.05, 4.69) is 15.1 Å². The highest BCUT2D eigenvalue weighted by Gasteiger charge is 2.14. The van der Waals surface area contributed by atoms with Crippen LogP contribution in [-0.4, -0.2) is 15.1 Å². The molecule has 0 spiro atoms. The third kappa shape index (κ3) is 3.15. The number of benzene rings is 1. The van der Waals surface area contributed by atoms with Gasteiger partial charge in [-0.3, -0.25) is 0 Å². The third-order valence-corrected chi connectivity index (χ3v) is 3.32. The van der Waals surface area contributed by atoms with E-state index >= 15 is 0 Å². The number of hydrogen-bond donors (Lipinski definition) is 1. The zero-order valence-electron chi connectivity index (χ0n) is 10.8. The van der Waals surface area contributed by atoms with Crippen molar-refractivity contribution in [3.05, 3.63) is 58.0 Å². The fourth-order valence-corrected chi connectivity index (χ4v) is 2.28. The Balaban J connectivity index is 1.84.